The topological polar surface area (TPSA) is 106 Å². The molecule has 1 radical (unpaired) electrons. The van der Waals surface area contributed by atoms with E-state index in [1.807, 2.05) is 0 Å². The van der Waals surface area contributed by atoms with Crippen LogP contribution in [0.5, 0.6) is 0 Å². The molecule has 0 aromatic carbocycles. The molecule has 0 heterocycles. The van der Waals surface area contributed by atoms with Gasteiger partial charge in [0, 0.05) is 0 Å². The van der Waals surface area contributed by atoms with Crippen molar-refractivity contribution in [1.82, 2.24) is 0 Å². The summed E-state index contributed by atoms with van der Waals surface area (Å²) < 4.78 is -0.194. The minimum absolute atomic E-state index is 0.194. The normalized spacial score (nSPS) is 14.7. The number of carboxylic acid groups (broad SMARTS) is 1. The van der Waals surface area contributed by atoms with Gasteiger partial charge < -0.3 is 0 Å². The van der Waals surface area contributed by atoms with E-state index in [0.29, 0.717) is 11.5 Å². The second kappa shape index (κ2) is 7.56. The van der Waals surface area contributed by atoms with Gasteiger partial charge in [0.1, 0.15) is 0 Å². The Bertz CT molecular complexity index is 195. The van der Waals surface area contributed by atoms with E-state index in [4.69, 9.17) is 16.6 Å². The summed E-state index contributed by atoms with van der Waals surface area (Å²) in [5.41, 5.74) is 10.7. The first-order chi connectivity index (χ1) is 6.45. The van der Waals surface area contributed by atoms with Crippen LogP contribution in [0.1, 0.15) is 0 Å². The Morgan fingerprint density at radius 1 is 1.21 bits per heavy atom. The van der Waals surface area contributed by atoms with Crippen LogP contribution in [0.4, 0.5) is 0 Å². The molecule has 0 spiro atoms. The van der Waals surface area contributed by atoms with Crippen LogP contribution in [0.2, 0.25) is 0 Å². The third kappa shape index (κ3) is 6.69. The first kappa shape index (κ1) is 14.3. The Morgan fingerprint density at radius 2 is 1.64 bits per heavy atom. The van der Waals surface area contributed by atoms with E-state index in [1.165, 1.54) is 21.6 Å². The van der Waals surface area contributed by atoms with E-state index in [-0.39, 0.29) is 4.68 Å². The Balaban J connectivity index is 3.47. The predicted octanol–water partition coefficient (Wildman–Crippen LogP) is -1.20. The third-order valence-electron chi connectivity index (χ3n) is 1.20. The van der Waals surface area contributed by atoms with Crippen molar-refractivity contribution in [3.63, 3.8) is 0 Å². The first-order valence-electron chi connectivity index (χ1n) is 3.64. The fourth-order valence-corrected chi connectivity index (χ4v) is 3.03. The molecule has 14 heavy (non-hydrogen) atoms. The monoisotopic (exact) mass is 303 g/mol. The summed E-state index contributed by atoms with van der Waals surface area (Å²) in [6, 6.07) is -1.40. The molecule has 0 saturated carbocycles. The van der Waals surface area contributed by atoms with Crippen LogP contribution >= 0.6 is 21.6 Å². The van der Waals surface area contributed by atoms with Crippen molar-refractivity contribution in [3.8, 4) is 0 Å². The van der Waals surface area contributed by atoms with Crippen LogP contribution in [-0.2, 0) is 9.59 Å². The second-order valence-electron chi connectivity index (χ2n) is 2.44. The third-order valence-corrected chi connectivity index (χ3v) is 4.31. The molecule has 0 fully saturated rings. The zero-order valence-electron chi connectivity index (χ0n) is 7.21. The molecule has 2 unspecified atom stereocenters. The van der Waals surface area contributed by atoms with Gasteiger partial charge in [-0.05, 0) is 0 Å². The summed E-state index contributed by atoms with van der Waals surface area (Å²) in [6.45, 7) is 0. The van der Waals surface area contributed by atoms with Crippen LogP contribution in [-0.4, -0.2) is 55.4 Å². The fraction of sp³-hybridized carbons (Fsp3) is 0.667. The van der Waals surface area contributed by atoms with Crippen LogP contribution in [0.15, 0.2) is 0 Å². The van der Waals surface area contributed by atoms with Gasteiger partial charge in [-0.2, -0.15) is 0 Å². The molecule has 2 atom stereocenters. The first-order valence-corrected chi connectivity index (χ1v) is 6.99. The number of rotatable bonds is 7. The molecule has 0 bridgehead atoms. The number of aliphatic carboxylic acids is 1. The molecule has 5 nitrogen and oxygen atoms in total. The Hall–Kier alpha value is 0.279. The average Bonchev–Trinajstić information content (AvgIpc) is 2.11. The van der Waals surface area contributed by atoms with E-state index in [0.717, 1.165) is 0 Å². The number of hydrogen-bond acceptors (Lipinski definition) is 6. The summed E-state index contributed by atoms with van der Waals surface area (Å²) >= 11 is 2.30. The summed E-state index contributed by atoms with van der Waals surface area (Å²) in [4.78, 5) is 21.0. The van der Waals surface area contributed by atoms with E-state index < -0.39 is 18.1 Å². The molecule has 0 aliphatic rings. The van der Waals surface area contributed by atoms with Crippen molar-refractivity contribution < 1.29 is 14.7 Å². The number of carbonyl (C=O) groups is 2. The van der Waals surface area contributed by atoms with Crippen LogP contribution in [0.25, 0.3) is 0 Å². The summed E-state index contributed by atoms with van der Waals surface area (Å²) in [7, 11) is 2.64. The number of nitrogens with two attached hydrogens (primary N) is 2. The van der Waals surface area contributed by atoms with Crippen LogP contribution in [0.3, 0.4) is 0 Å². The molecule has 0 saturated heterocycles. The fourth-order valence-electron chi connectivity index (χ4n) is 0.382. The number of hydrogen-bond donors (Lipinski definition) is 3. The van der Waals surface area contributed by atoms with E-state index >= 15 is 0 Å². The molecule has 0 amide bonds. The van der Waals surface area contributed by atoms with Crippen molar-refractivity contribution in [2.75, 3.05) is 11.5 Å². The van der Waals surface area contributed by atoms with Gasteiger partial charge in [-0.15, -0.1) is 0 Å². The number of carboxylic acids is 1. The summed E-state index contributed by atoms with van der Waals surface area (Å²) in [5.74, 6) is -0.278. The van der Waals surface area contributed by atoms with Crippen LogP contribution in [0, 0.1) is 0 Å². The molecule has 0 aliphatic heterocycles. The van der Waals surface area contributed by atoms with E-state index in [2.05, 4.69) is 16.0 Å². The van der Waals surface area contributed by atoms with E-state index in [9.17, 15) is 9.59 Å². The zero-order valence-corrected chi connectivity index (χ0v) is 10.6. The van der Waals surface area contributed by atoms with Crippen LogP contribution < -0.4 is 11.5 Å². The quantitative estimate of drug-likeness (QED) is 0.308. The maximum atomic E-state index is 10.7. The van der Waals surface area contributed by atoms with Gasteiger partial charge >= 0.3 is 98.0 Å². The predicted molar refractivity (Wildman–Crippen MR) is 59.3 cm³/mol. The zero-order chi connectivity index (χ0) is 11.1. The van der Waals surface area contributed by atoms with Crippen molar-refractivity contribution in [1.29, 1.82) is 0 Å². The van der Waals surface area contributed by atoms with Gasteiger partial charge in [0.2, 0.25) is 0 Å². The van der Waals surface area contributed by atoms with Gasteiger partial charge in [0.15, 0.2) is 0 Å². The van der Waals surface area contributed by atoms with Gasteiger partial charge in [-0.1, -0.05) is 0 Å². The standard InChI is InChI=1S/C6H11N2O3S2Se/c7-3(5(9)10)1-12-13-2-4(8)6(11)14/h3-4H,1-2,7-8H2,(H,9,10). The second-order valence-corrected chi connectivity index (χ2v) is 5.84. The Labute approximate surface area is 97.9 Å². The average molecular weight is 302 g/mol. The molecular weight excluding hydrogens is 291 g/mol. The van der Waals surface area contributed by atoms with Gasteiger partial charge in [0.05, 0.1) is 0 Å². The molecule has 0 rings (SSSR count). The van der Waals surface area contributed by atoms with Gasteiger partial charge in [-0.3, -0.25) is 0 Å². The Kier molecular flexibility index (Phi) is 7.71. The van der Waals surface area contributed by atoms with Gasteiger partial charge in [-0.25, -0.2) is 0 Å². The van der Waals surface area contributed by atoms with E-state index in [1.54, 1.807) is 0 Å². The maximum absolute atomic E-state index is 10.7. The molecule has 81 valence electrons. The van der Waals surface area contributed by atoms with Gasteiger partial charge in [0.25, 0.3) is 0 Å². The molecule has 0 aromatic rings. The molecule has 0 aromatic heterocycles. The number of carbonyl (C=O) groups excluding carboxylic acids is 1. The van der Waals surface area contributed by atoms with Crippen molar-refractivity contribution in [2.45, 2.75) is 12.1 Å². The van der Waals surface area contributed by atoms with Crippen molar-refractivity contribution in [3.05, 3.63) is 0 Å². The minimum atomic E-state index is -1.03. The Morgan fingerprint density at radius 3 is 2.00 bits per heavy atom. The molecule has 8 heteroatoms. The van der Waals surface area contributed by atoms with Crippen molar-refractivity contribution in [2.24, 2.45) is 11.5 Å². The molecule has 0 aliphatic carbocycles. The SMILES string of the molecule is NC(CSSCC(N)C(=O)[Se])C(=O)O. The van der Waals surface area contributed by atoms with Crippen molar-refractivity contribution >= 4 is 48.3 Å². The molecule has 5 N–H and O–H groups in total. The molecular formula is C6H11N2O3S2Se. The summed E-state index contributed by atoms with van der Waals surface area (Å²) in [5, 5.41) is 8.45. The summed E-state index contributed by atoms with van der Waals surface area (Å²) in [6.07, 6.45) is 0.